The van der Waals surface area contributed by atoms with Gasteiger partial charge in [0.15, 0.2) is 6.10 Å². The van der Waals surface area contributed by atoms with Crippen molar-refractivity contribution in [1.29, 1.82) is 0 Å². The quantitative estimate of drug-likeness (QED) is 0.480. The van der Waals surface area contributed by atoms with Crippen molar-refractivity contribution in [3.05, 3.63) is 0 Å². The Kier molecular flexibility index (Phi) is 11.0. The zero-order valence-corrected chi connectivity index (χ0v) is 7.78. The van der Waals surface area contributed by atoms with Crippen LogP contribution in [0.2, 0.25) is 0 Å². The Bertz CT molecular complexity index is 183. The number of hydrogen-bond donors (Lipinski definition) is 1. The molecule has 0 saturated heterocycles. The summed E-state index contributed by atoms with van der Waals surface area (Å²) in [7, 11) is 0. The summed E-state index contributed by atoms with van der Waals surface area (Å²) in [6.45, 7) is 3.68. The number of carbonyl (C=O) groups excluding carboxylic acids is 2. The molecule has 0 aliphatic heterocycles. The number of hydrogen-bond acceptors (Lipinski definition) is 5. The van der Waals surface area contributed by atoms with Crippen LogP contribution < -0.4 is 0 Å². The summed E-state index contributed by atoms with van der Waals surface area (Å²) in [5.41, 5.74) is 0. The summed E-state index contributed by atoms with van der Waals surface area (Å²) in [5.74, 6) is -1.40. The standard InChI is InChI=1S/C8H14O5.Na.H/c1-3-12-7(10)5-6(9)8(11)13-4-2;;/h6,9H,3-5H2,1-2H3;;. The summed E-state index contributed by atoms with van der Waals surface area (Å²) in [4.78, 5) is 21.6. The minimum absolute atomic E-state index is 0. The molecule has 0 spiro atoms. The molecule has 0 amide bonds. The first kappa shape index (κ1) is 16.3. The van der Waals surface area contributed by atoms with Gasteiger partial charge in [0, 0.05) is 0 Å². The molecule has 0 bridgehead atoms. The molecule has 0 rings (SSSR count). The maximum absolute atomic E-state index is 10.8. The topological polar surface area (TPSA) is 72.8 Å². The third-order valence-electron chi connectivity index (χ3n) is 1.22. The van der Waals surface area contributed by atoms with Gasteiger partial charge in [0.05, 0.1) is 19.6 Å². The molecule has 0 aromatic rings. The Labute approximate surface area is 105 Å². The van der Waals surface area contributed by atoms with Gasteiger partial charge in [-0.2, -0.15) is 0 Å². The van der Waals surface area contributed by atoms with Gasteiger partial charge in [-0.3, -0.25) is 4.79 Å². The third kappa shape index (κ3) is 7.32. The molecular weight excluding hydrogens is 199 g/mol. The molecule has 5 nitrogen and oxygen atoms in total. The zero-order valence-electron chi connectivity index (χ0n) is 7.78. The van der Waals surface area contributed by atoms with Gasteiger partial charge in [-0.05, 0) is 13.8 Å². The molecule has 6 heteroatoms. The maximum atomic E-state index is 10.8. The molecule has 0 radical (unpaired) electrons. The normalized spacial score (nSPS) is 11.1. The Balaban J connectivity index is 0. The monoisotopic (exact) mass is 214 g/mol. The Morgan fingerprint density at radius 3 is 2.14 bits per heavy atom. The molecule has 1 unspecified atom stereocenters. The molecule has 0 heterocycles. The van der Waals surface area contributed by atoms with Crippen molar-refractivity contribution in [2.24, 2.45) is 0 Å². The van der Waals surface area contributed by atoms with Crippen molar-refractivity contribution in [1.82, 2.24) is 0 Å². The van der Waals surface area contributed by atoms with Crippen molar-refractivity contribution in [2.45, 2.75) is 26.4 Å². The van der Waals surface area contributed by atoms with Crippen LogP contribution in [-0.2, 0) is 19.1 Å². The van der Waals surface area contributed by atoms with E-state index in [4.69, 9.17) is 5.11 Å². The third-order valence-corrected chi connectivity index (χ3v) is 1.22. The average Bonchev–Trinajstić information content (AvgIpc) is 2.05. The van der Waals surface area contributed by atoms with Gasteiger partial charge in [-0.1, -0.05) is 0 Å². The Hall–Kier alpha value is -0.100. The molecule has 0 saturated carbocycles. The van der Waals surface area contributed by atoms with Gasteiger partial charge in [0.25, 0.3) is 0 Å². The molecule has 1 atom stereocenters. The molecule has 14 heavy (non-hydrogen) atoms. The van der Waals surface area contributed by atoms with E-state index in [2.05, 4.69) is 9.47 Å². The van der Waals surface area contributed by atoms with E-state index in [1.54, 1.807) is 13.8 Å². The number of aliphatic hydroxyl groups is 1. The van der Waals surface area contributed by atoms with E-state index >= 15 is 0 Å². The van der Waals surface area contributed by atoms with Gasteiger partial charge in [0.1, 0.15) is 0 Å². The number of ether oxygens (including phenoxy) is 2. The molecule has 0 aromatic carbocycles. The molecule has 0 aliphatic rings. The van der Waals surface area contributed by atoms with E-state index in [1.165, 1.54) is 0 Å². The first-order chi connectivity index (χ1) is 6.11. The zero-order chi connectivity index (χ0) is 10.3. The van der Waals surface area contributed by atoms with E-state index in [0.717, 1.165) is 0 Å². The van der Waals surface area contributed by atoms with E-state index < -0.39 is 18.0 Å². The van der Waals surface area contributed by atoms with Crippen LogP contribution in [0.1, 0.15) is 20.3 Å². The molecular formula is C8H15NaO5. The van der Waals surface area contributed by atoms with Crippen molar-refractivity contribution in [2.75, 3.05) is 13.2 Å². The van der Waals surface area contributed by atoms with Crippen molar-refractivity contribution < 1.29 is 24.2 Å². The SMILES string of the molecule is CCOC(=O)CC(O)C(=O)OCC.[NaH]. The predicted molar refractivity (Wildman–Crippen MR) is 51.0 cm³/mol. The fourth-order valence-electron chi connectivity index (χ4n) is 0.700. The van der Waals surface area contributed by atoms with Crippen LogP contribution in [0, 0.1) is 0 Å². The first-order valence-corrected chi connectivity index (χ1v) is 4.12. The van der Waals surface area contributed by atoms with Crippen LogP contribution in [0.5, 0.6) is 0 Å². The van der Waals surface area contributed by atoms with Gasteiger partial charge in [-0.25, -0.2) is 4.79 Å². The van der Waals surface area contributed by atoms with Crippen LogP contribution in [0.15, 0.2) is 0 Å². The summed E-state index contributed by atoms with van der Waals surface area (Å²) in [5, 5.41) is 9.07. The van der Waals surface area contributed by atoms with Gasteiger partial charge < -0.3 is 14.6 Å². The van der Waals surface area contributed by atoms with Gasteiger partial charge >= 0.3 is 41.5 Å². The Morgan fingerprint density at radius 1 is 1.21 bits per heavy atom. The minimum atomic E-state index is -1.42. The second-order valence-electron chi connectivity index (χ2n) is 2.28. The molecule has 1 N–H and O–H groups in total. The van der Waals surface area contributed by atoms with Crippen molar-refractivity contribution >= 4 is 41.5 Å². The van der Waals surface area contributed by atoms with E-state index in [0.29, 0.717) is 0 Å². The van der Waals surface area contributed by atoms with Crippen LogP contribution in [0.3, 0.4) is 0 Å². The van der Waals surface area contributed by atoms with Gasteiger partial charge in [0.2, 0.25) is 0 Å². The summed E-state index contributed by atoms with van der Waals surface area (Å²) in [6.07, 6.45) is -1.77. The van der Waals surface area contributed by atoms with Crippen LogP contribution in [-0.4, -0.2) is 65.9 Å². The number of esters is 2. The fraction of sp³-hybridized carbons (Fsp3) is 0.750. The summed E-state index contributed by atoms with van der Waals surface area (Å²) in [6, 6.07) is 0. The van der Waals surface area contributed by atoms with Gasteiger partial charge in [-0.15, -0.1) is 0 Å². The number of carbonyl (C=O) groups is 2. The van der Waals surface area contributed by atoms with Crippen LogP contribution in [0.4, 0.5) is 0 Å². The van der Waals surface area contributed by atoms with Crippen LogP contribution >= 0.6 is 0 Å². The second-order valence-corrected chi connectivity index (χ2v) is 2.28. The molecule has 0 aromatic heterocycles. The molecule has 0 aliphatic carbocycles. The summed E-state index contributed by atoms with van der Waals surface area (Å²) >= 11 is 0. The number of rotatable bonds is 5. The summed E-state index contributed by atoms with van der Waals surface area (Å²) < 4.78 is 9.02. The predicted octanol–water partition coefficient (Wildman–Crippen LogP) is -0.785. The van der Waals surface area contributed by atoms with E-state index in [9.17, 15) is 9.59 Å². The molecule has 0 fully saturated rings. The van der Waals surface area contributed by atoms with Crippen molar-refractivity contribution in [3.8, 4) is 0 Å². The molecule has 78 valence electrons. The van der Waals surface area contributed by atoms with E-state index in [1.807, 2.05) is 0 Å². The Morgan fingerprint density at radius 2 is 1.71 bits per heavy atom. The first-order valence-electron chi connectivity index (χ1n) is 4.12. The fourth-order valence-corrected chi connectivity index (χ4v) is 0.700. The van der Waals surface area contributed by atoms with Crippen LogP contribution in [0.25, 0.3) is 0 Å². The number of aliphatic hydroxyl groups excluding tert-OH is 1. The second kappa shape index (κ2) is 9.45. The average molecular weight is 214 g/mol. The van der Waals surface area contributed by atoms with E-state index in [-0.39, 0.29) is 49.2 Å². The van der Waals surface area contributed by atoms with Crippen molar-refractivity contribution in [3.63, 3.8) is 0 Å².